The van der Waals surface area contributed by atoms with Gasteiger partial charge < -0.3 is 4.98 Å². The van der Waals surface area contributed by atoms with E-state index < -0.39 is 0 Å². The molecule has 1 N–H and O–H groups in total. The zero-order valence-corrected chi connectivity index (χ0v) is 9.20. The Morgan fingerprint density at radius 3 is 2.65 bits per heavy atom. The Balaban J connectivity index is 2.28. The lowest BCUT2D eigenvalue weighted by Gasteiger charge is -1.97. The van der Waals surface area contributed by atoms with Crippen molar-refractivity contribution in [3.05, 3.63) is 60.7 Å². The minimum absolute atomic E-state index is 1.09. The van der Waals surface area contributed by atoms with Crippen molar-refractivity contribution in [2.45, 2.75) is 0 Å². The van der Waals surface area contributed by atoms with Gasteiger partial charge in [-0.3, -0.25) is 0 Å². The van der Waals surface area contributed by atoms with Crippen LogP contribution >= 0.6 is 0 Å². The van der Waals surface area contributed by atoms with Crippen LogP contribution in [-0.2, 0) is 0 Å². The van der Waals surface area contributed by atoms with Crippen LogP contribution in [0, 0.1) is 6.07 Å². The summed E-state index contributed by atoms with van der Waals surface area (Å²) in [5, 5.41) is 4.92. The Labute approximate surface area is 98.7 Å². The summed E-state index contributed by atoms with van der Waals surface area (Å²) in [6.07, 6.45) is 0. The van der Waals surface area contributed by atoms with Crippen LogP contribution in [0.5, 0.6) is 0 Å². The Kier molecular flexibility index (Phi) is 1.61. The van der Waals surface area contributed by atoms with Crippen molar-refractivity contribution in [3.63, 3.8) is 0 Å². The summed E-state index contributed by atoms with van der Waals surface area (Å²) in [7, 11) is 0. The van der Waals surface area contributed by atoms with Gasteiger partial charge in [0.05, 0.1) is 5.52 Å². The van der Waals surface area contributed by atoms with Crippen LogP contribution in [0.1, 0.15) is 0 Å². The fourth-order valence-corrected chi connectivity index (χ4v) is 2.44. The van der Waals surface area contributed by atoms with E-state index in [0.29, 0.717) is 0 Å². The molecular formula is C16H10N. The van der Waals surface area contributed by atoms with Crippen LogP contribution in [0.25, 0.3) is 32.6 Å². The van der Waals surface area contributed by atoms with Gasteiger partial charge in [0, 0.05) is 22.4 Å². The Bertz CT molecular complexity index is 834. The minimum Gasteiger partial charge on any atom is -0.354 e. The van der Waals surface area contributed by atoms with Gasteiger partial charge in [-0.1, -0.05) is 42.5 Å². The molecule has 79 valence electrons. The first-order valence-electron chi connectivity index (χ1n) is 5.73. The monoisotopic (exact) mass is 216 g/mol. The van der Waals surface area contributed by atoms with E-state index in [1.165, 1.54) is 21.7 Å². The molecule has 4 rings (SSSR count). The predicted octanol–water partition coefficient (Wildman–Crippen LogP) is 4.27. The number of hydrogen-bond acceptors (Lipinski definition) is 0. The van der Waals surface area contributed by atoms with Gasteiger partial charge in [-0.05, 0) is 22.9 Å². The number of nitrogens with one attached hydrogen (secondary N) is 1. The Hall–Kier alpha value is -2.28. The van der Waals surface area contributed by atoms with Crippen molar-refractivity contribution < 1.29 is 0 Å². The second-order valence-electron chi connectivity index (χ2n) is 4.32. The van der Waals surface area contributed by atoms with E-state index in [1.807, 2.05) is 6.07 Å². The fraction of sp³-hybridized carbons (Fsp3) is 0. The number of aromatic amines is 1. The summed E-state index contributed by atoms with van der Waals surface area (Å²) in [5.41, 5.74) is 2.26. The van der Waals surface area contributed by atoms with Crippen LogP contribution < -0.4 is 0 Å². The van der Waals surface area contributed by atoms with Gasteiger partial charge in [0.2, 0.25) is 0 Å². The highest BCUT2D eigenvalue weighted by Crippen LogP contribution is 2.28. The number of benzene rings is 3. The first kappa shape index (κ1) is 8.82. The second kappa shape index (κ2) is 3.11. The molecule has 0 bridgehead atoms. The summed E-state index contributed by atoms with van der Waals surface area (Å²) in [6.45, 7) is 0. The third-order valence-electron chi connectivity index (χ3n) is 3.27. The van der Waals surface area contributed by atoms with E-state index in [1.54, 1.807) is 0 Å². The molecule has 1 radical (unpaired) electrons. The van der Waals surface area contributed by atoms with Crippen molar-refractivity contribution in [2.75, 3.05) is 0 Å². The van der Waals surface area contributed by atoms with E-state index in [-0.39, 0.29) is 0 Å². The molecule has 0 saturated heterocycles. The first-order valence-corrected chi connectivity index (χ1v) is 5.73. The van der Waals surface area contributed by atoms with Gasteiger partial charge in [0.25, 0.3) is 0 Å². The Morgan fingerprint density at radius 2 is 1.65 bits per heavy atom. The quantitative estimate of drug-likeness (QED) is 0.451. The molecular weight excluding hydrogens is 206 g/mol. The van der Waals surface area contributed by atoms with Crippen LogP contribution in [0.15, 0.2) is 54.6 Å². The van der Waals surface area contributed by atoms with Gasteiger partial charge in [0.15, 0.2) is 0 Å². The molecule has 0 atom stereocenters. The first-order chi connectivity index (χ1) is 8.42. The largest absolute Gasteiger partial charge is 0.354 e. The third kappa shape index (κ3) is 1.19. The average Bonchev–Trinajstić information content (AvgIpc) is 2.73. The zero-order chi connectivity index (χ0) is 11.2. The van der Waals surface area contributed by atoms with Gasteiger partial charge in [0.1, 0.15) is 0 Å². The number of rotatable bonds is 0. The summed E-state index contributed by atoms with van der Waals surface area (Å²) in [6, 6.07) is 22.4. The van der Waals surface area contributed by atoms with Crippen molar-refractivity contribution >= 4 is 32.6 Å². The van der Waals surface area contributed by atoms with Gasteiger partial charge in [-0.15, -0.1) is 0 Å². The number of H-pyrrole nitrogens is 1. The molecule has 0 fully saturated rings. The van der Waals surface area contributed by atoms with Crippen LogP contribution in [0.3, 0.4) is 0 Å². The van der Waals surface area contributed by atoms with Gasteiger partial charge in [-0.2, -0.15) is 0 Å². The maximum atomic E-state index is 3.44. The van der Waals surface area contributed by atoms with Crippen LogP contribution in [-0.4, -0.2) is 4.98 Å². The molecule has 1 heteroatoms. The summed E-state index contributed by atoms with van der Waals surface area (Å²) >= 11 is 0. The summed E-state index contributed by atoms with van der Waals surface area (Å²) < 4.78 is 0. The topological polar surface area (TPSA) is 15.8 Å². The Morgan fingerprint density at radius 1 is 0.824 bits per heavy atom. The third-order valence-corrected chi connectivity index (χ3v) is 3.27. The molecule has 17 heavy (non-hydrogen) atoms. The summed E-state index contributed by atoms with van der Waals surface area (Å²) in [4.78, 5) is 3.41. The van der Waals surface area contributed by atoms with E-state index in [4.69, 9.17) is 0 Å². The number of fused-ring (bicyclic) bond motifs is 4. The highest BCUT2D eigenvalue weighted by molar-refractivity contribution is 6.11. The average molecular weight is 216 g/mol. The van der Waals surface area contributed by atoms with E-state index in [0.717, 1.165) is 10.9 Å². The van der Waals surface area contributed by atoms with Gasteiger partial charge >= 0.3 is 0 Å². The summed E-state index contributed by atoms with van der Waals surface area (Å²) in [5.74, 6) is 0. The molecule has 0 spiro atoms. The zero-order valence-electron chi connectivity index (χ0n) is 9.20. The van der Waals surface area contributed by atoms with Gasteiger partial charge in [-0.25, -0.2) is 0 Å². The van der Waals surface area contributed by atoms with E-state index >= 15 is 0 Å². The molecule has 0 aliphatic heterocycles. The minimum atomic E-state index is 1.09. The highest BCUT2D eigenvalue weighted by Gasteiger charge is 2.04. The maximum Gasteiger partial charge on any atom is 0.0552 e. The molecule has 4 aromatic rings. The molecule has 3 aromatic carbocycles. The predicted molar refractivity (Wildman–Crippen MR) is 72.1 cm³/mol. The van der Waals surface area contributed by atoms with E-state index in [2.05, 4.69) is 59.6 Å². The van der Waals surface area contributed by atoms with Crippen LogP contribution in [0.2, 0.25) is 0 Å². The molecule has 0 aliphatic carbocycles. The second-order valence-corrected chi connectivity index (χ2v) is 4.32. The molecule has 0 unspecified atom stereocenters. The normalized spacial score (nSPS) is 11.5. The van der Waals surface area contributed by atoms with E-state index in [9.17, 15) is 0 Å². The van der Waals surface area contributed by atoms with Crippen molar-refractivity contribution in [1.29, 1.82) is 0 Å². The molecule has 1 aromatic heterocycles. The van der Waals surface area contributed by atoms with Crippen molar-refractivity contribution in [1.82, 2.24) is 4.98 Å². The highest BCUT2D eigenvalue weighted by atomic mass is 14.7. The molecule has 0 saturated carbocycles. The SMILES string of the molecule is [c]1c2ccccc2cc2c1[nH]c1ccccc12. The smallest absolute Gasteiger partial charge is 0.0552 e. The number of hydrogen-bond donors (Lipinski definition) is 1. The lowest BCUT2D eigenvalue weighted by atomic mass is 10.1. The number of para-hydroxylation sites is 1. The molecule has 0 amide bonds. The van der Waals surface area contributed by atoms with Crippen molar-refractivity contribution in [2.24, 2.45) is 0 Å². The molecule has 0 aliphatic rings. The molecule has 1 nitrogen and oxygen atoms in total. The molecule has 1 heterocycles. The standard InChI is InChI=1S/C16H10N/c1-2-6-12-10-16-14(9-11(12)5-1)13-7-3-4-8-15(13)17-16/h1-9,17H. The number of aromatic nitrogens is 1. The van der Waals surface area contributed by atoms with Crippen molar-refractivity contribution in [3.8, 4) is 0 Å². The lowest BCUT2D eigenvalue weighted by Crippen LogP contribution is -1.73. The van der Waals surface area contributed by atoms with Crippen LogP contribution in [0.4, 0.5) is 0 Å². The lowest BCUT2D eigenvalue weighted by molar-refractivity contribution is 1.55. The maximum absolute atomic E-state index is 3.44. The fourth-order valence-electron chi connectivity index (χ4n) is 2.44.